The maximum absolute atomic E-state index is 5.14. The topological polar surface area (TPSA) is 35.3 Å². The Hall–Kier alpha value is -1.77. The highest BCUT2D eigenvalue weighted by Crippen LogP contribution is 2.22. The Morgan fingerprint density at radius 2 is 2.21 bits per heavy atom. The lowest BCUT2D eigenvalue weighted by molar-refractivity contribution is 0.415. The summed E-state index contributed by atoms with van der Waals surface area (Å²) in [6, 6.07) is 7.73. The predicted octanol–water partition coefficient (Wildman–Crippen LogP) is 2.66. The van der Waals surface area contributed by atoms with Crippen LogP contribution in [0.4, 0.5) is 0 Å². The zero-order valence-electron chi connectivity index (χ0n) is 8.15. The van der Waals surface area contributed by atoms with Gasteiger partial charge in [-0.15, -0.1) is 0 Å². The Morgan fingerprint density at radius 3 is 2.86 bits per heavy atom. The second-order valence-electron chi connectivity index (χ2n) is 2.98. The largest absolute Gasteiger partial charge is 0.497 e. The van der Waals surface area contributed by atoms with Gasteiger partial charge in [-0.3, -0.25) is 0 Å². The van der Waals surface area contributed by atoms with Crippen LogP contribution in [0.15, 0.2) is 34.9 Å². The molecule has 0 N–H and O–H groups in total. The van der Waals surface area contributed by atoms with Crippen LogP contribution in [-0.2, 0) is 0 Å². The first kappa shape index (κ1) is 8.81. The Balaban J connectivity index is 2.41. The molecule has 14 heavy (non-hydrogen) atoms. The fourth-order valence-electron chi connectivity index (χ4n) is 1.28. The van der Waals surface area contributed by atoms with E-state index in [1.165, 1.54) is 0 Å². The average molecular weight is 189 g/mol. The van der Waals surface area contributed by atoms with E-state index in [2.05, 4.69) is 4.98 Å². The first-order chi connectivity index (χ1) is 6.79. The van der Waals surface area contributed by atoms with Gasteiger partial charge >= 0.3 is 0 Å². The first-order valence-electron chi connectivity index (χ1n) is 4.36. The molecule has 0 saturated heterocycles. The molecule has 0 bridgehead atoms. The van der Waals surface area contributed by atoms with Crippen molar-refractivity contribution in [3.05, 3.63) is 36.4 Å². The minimum absolute atomic E-state index is 0.669. The molecule has 0 amide bonds. The lowest BCUT2D eigenvalue weighted by Crippen LogP contribution is -1.83. The van der Waals surface area contributed by atoms with Crippen LogP contribution in [0.2, 0.25) is 0 Å². The van der Waals surface area contributed by atoms with E-state index in [4.69, 9.17) is 9.15 Å². The van der Waals surface area contributed by atoms with E-state index in [1.807, 2.05) is 31.2 Å². The number of rotatable bonds is 2. The fraction of sp³-hybridized carbons (Fsp3) is 0.182. The van der Waals surface area contributed by atoms with Crippen molar-refractivity contribution in [2.45, 2.75) is 6.92 Å². The SMILES string of the molecule is COc1cccc(-c2coc(C)n2)c1. The summed E-state index contributed by atoms with van der Waals surface area (Å²) >= 11 is 0. The molecular weight excluding hydrogens is 178 g/mol. The smallest absolute Gasteiger partial charge is 0.191 e. The Morgan fingerprint density at radius 1 is 1.36 bits per heavy atom. The number of benzene rings is 1. The van der Waals surface area contributed by atoms with E-state index in [-0.39, 0.29) is 0 Å². The van der Waals surface area contributed by atoms with Gasteiger partial charge < -0.3 is 9.15 Å². The lowest BCUT2D eigenvalue weighted by atomic mass is 10.2. The number of aromatic nitrogens is 1. The molecule has 3 nitrogen and oxygen atoms in total. The molecule has 0 aliphatic heterocycles. The number of ether oxygens (including phenoxy) is 1. The second-order valence-corrected chi connectivity index (χ2v) is 2.98. The van der Waals surface area contributed by atoms with Crippen molar-refractivity contribution < 1.29 is 9.15 Å². The standard InChI is InChI=1S/C11H11NO2/c1-8-12-11(7-14-8)9-4-3-5-10(6-9)13-2/h3-7H,1-2H3. The third-order valence-electron chi connectivity index (χ3n) is 1.98. The number of nitrogens with zero attached hydrogens (tertiary/aromatic N) is 1. The van der Waals surface area contributed by atoms with Gasteiger partial charge in [0.25, 0.3) is 0 Å². The zero-order valence-corrected chi connectivity index (χ0v) is 8.15. The normalized spacial score (nSPS) is 10.1. The molecule has 1 aromatic carbocycles. The first-order valence-corrected chi connectivity index (χ1v) is 4.36. The molecule has 2 rings (SSSR count). The molecule has 2 aromatic rings. The molecule has 0 radical (unpaired) electrons. The monoisotopic (exact) mass is 189 g/mol. The Bertz CT molecular complexity index is 434. The molecule has 0 aliphatic rings. The summed E-state index contributed by atoms with van der Waals surface area (Å²) in [5, 5.41) is 0. The molecule has 0 fully saturated rings. The summed E-state index contributed by atoms with van der Waals surface area (Å²) in [6.07, 6.45) is 1.64. The quantitative estimate of drug-likeness (QED) is 0.728. The predicted molar refractivity (Wildman–Crippen MR) is 53.2 cm³/mol. The van der Waals surface area contributed by atoms with E-state index in [9.17, 15) is 0 Å². The molecule has 0 spiro atoms. The zero-order chi connectivity index (χ0) is 9.97. The Kier molecular flexibility index (Phi) is 2.23. The molecule has 1 heterocycles. The van der Waals surface area contributed by atoms with Gasteiger partial charge in [0.1, 0.15) is 17.7 Å². The van der Waals surface area contributed by atoms with Crippen LogP contribution in [-0.4, -0.2) is 12.1 Å². The van der Waals surface area contributed by atoms with E-state index < -0.39 is 0 Å². The third-order valence-corrected chi connectivity index (χ3v) is 1.98. The number of hydrogen-bond acceptors (Lipinski definition) is 3. The minimum Gasteiger partial charge on any atom is -0.497 e. The molecule has 72 valence electrons. The number of oxazole rings is 1. The van der Waals surface area contributed by atoms with Gasteiger partial charge in [-0.05, 0) is 12.1 Å². The molecule has 0 aliphatic carbocycles. The van der Waals surface area contributed by atoms with E-state index in [0.717, 1.165) is 17.0 Å². The Labute approximate surface area is 82.3 Å². The van der Waals surface area contributed by atoms with Gasteiger partial charge in [0, 0.05) is 12.5 Å². The average Bonchev–Trinajstić information content (AvgIpc) is 2.65. The van der Waals surface area contributed by atoms with Crippen LogP contribution < -0.4 is 4.74 Å². The van der Waals surface area contributed by atoms with Gasteiger partial charge in [0.15, 0.2) is 5.89 Å². The maximum atomic E-state index is 5.14. The minimum atomic E-state index is 0.669. The molecular formula is C11H11NO2. The van der Waals surface area contributed by atoms with Crippen LogP contribution >= 0.6 is 0 Å². The molecule has 1 aromatic heterocycles. The molecule has 0 saturated carbocycles. The highest BCUT2D eigenvalue weighted by Gasteiger charge is 2.03. The second kappa shape index (κ2) is 3.54. The van der Waals surface area contributed by atoms with Crippen molar-refractivity contribution in [3.63, 3.8) is 0 Å². The van der Waals surface area contributed by atoms with Crippen LogP contribution in [0.3, 0.4) is 0 Å². The van der Waals surface area contributed by atoms with Crippen LogP contribution in [0.1, 0.15) is 5.89 Å². The van der Waals surface area contributed by atoms with E-state index in [0.29, 0.717) is 5.89 Å². The summed E-state index contributed by atoms with van der Waals surface area (Å²) in [5.74, 6) is 1.49. The molecule has 0 unspecified atom stereocenters. The fourth-order valence-corrected chi connectivity index (χ4v) is 1.28. The van der Waals surface area contributed by atoms with Crippen molar-refractivity contribution in [2.75, 3.05) is 7.11 Å². The van der Waals surface area contributed by atoms with Crippen LogP contribution in [0.25, 0.3) is 11.3 Å². The molecule has 0 atom stereocenters. The van der Waals surface area contributed by atoms with Gasteiger partial charge in [0.2, 0.25) is 0 Å². The van der Waals surface area contributed by atoms with E-state index in [1.54, 1.807) is 13.4 Å². The van der Waals surface area contributed by atoms with Crippen molar-refractivity contribution >= 4 is 0 Å². The third kappa shape index (κ3) is 1.62. The molecule has 3 heteroatoms. The maximum Gasteiger partial charge on any atom is 0.191 e. The van der Waals surface area contributed by atoms with Gasteiger partial charge in [-0.25, -0.2) is 4.98 Å². The summed E-state index contributed by atoms with van der Waals surface area (Å²) in [7, 11) is 1.65. The summed E-state index contributed by atoms with van der Waals surface area (Å²) in [5.41, 5.74) is 1.84. The number of aryl methyl sites for hydroxylation is 1. The van der Waals surface area contributed by atoms with Crippen LogP contribution in [0.5, 0.6) is 5.75 Å². The summed E-state index contributed by atoms with van der Waals surface area (Å²) < 4.78 is 10.3. The van der Waals surface area contributed by atoms with Crippen LogP contribution in [0, 0.1) is 6.92 Å². The van der Waals surface area contributed by atoms with Gasteiger partial charge in [-0.2, -0.15) is 0 Å². The van der Waals surface area contributed by atoms with Gasteiger partial charge in [-0.1, -0.05) is 12.1 Å². The van der Waals surface area contributed by atoms with E-state index >= 15 is 0 Å². The summed E-state index contributed by atoms with van der Waals surface area (Å²) in [6.45, 7) is 1.82. The van der Waals surface area contributed by atoms with Crippen molar-refractivity contribution in [3.8, 4) is 17.0 Å². The highest BCUT2D eigenvalue weighted by molar-refractivity contribution is 5.59. The number of hydrogen-bond donors (Lipinski definition) is 0. The van der Waals surface area contributed by atoms with Crippen molar-refractivity contribution in [1.29, 1.82) is 0 Å². The summed E-state index contributed by atoms with van der Waals surface area (Å²) in [4.78, 5) is 4.23. The lowest BCUT2D eigenvalue weighted by Gasteiger charge is -2.00. The number of methoxy groups -OCH3 is 1. The van der Waals surface area contributed by atoms with Gasteiger partial charge in [0.05, 0.1) is 7.11 Å². The van der Waals surface area contributed by atoms with Crippen molar-refractivity contribution in [1.82, 2.24) is 4.98 Å². The van der Waals surface area contributed by atoms with Crippen molar-refractivity contribution in [2.24, 2.45) is 0 Å². The highest BCUT2D eigenvalue weighted by atomic mass is 16.5.